The molecule has 8 heteroatoms. The monoisotopic (exact) mass is 373 g/mol. The van der Waals surface area contributed by atoms with Crippen LogP contribution in [0.25, 0.3) is 5.69 Å². The van der Waals surface area contributed by atoms with Crippen LogP contribution in [-0.4, -0.2) is 49.8 Å². The van der Waals surface area contributed by atoms with Crippen LogP contribution in [0.3, 0.4) is 0 Å². The standard InChI is InChI=1S/C18H23N5O2S/c1-12-6-7-13(2)15(9-12)23-11-20-21-18(23)26-10-16(24)22-8-4-3-5-14(22)17(19)25/h6-7,9,11,14H,3-5,8,10H2,1-2H3,(H2,19,25)/t14-/m0/s1. The van der Waals surface area contributed by atoms with Gasteiger partial charge in [0.15, 0.2) is 5.16 Å². The Hall–Kier alpha value is -2.35. The predicted octanol–water partition coefficient (Wildman–Crippen LogP) is 1.84. The predicted molar refractivity (Wildman–Crippen MR) is 100 cm³/mol. The number of thioether (sulfide) groups is 1. The molecule has 0 radical (unpaired) electrons. The highest BCUT2D eigenvalue weighted by Crippen LogP contribution is 2.24. The lowest BCUT2D eigenvalue weighted by atomic mass is 10.0. The summed E-state index contributed by atoms with van der Waals surface area (Å²) in [5, 5.41) is 8.80. The fourth-order valence-corrected chi connectivity index (χ4v) is 4.01. The lowest BCUT2D eigenvalue weighted by molar-refractivity contribution is -0.138. The number of rotatable bonds is 5. The van der Waals surface area contributed by atoms with Crippen LogP contribution >= 0.6 is 11.8 Å². The Balaban J connectivity index is 1.73. The van der Waals surface area contributed by atoms with Crippen molar-refractivity contribution in [3.05, 3.63) is 35.7 Å². The van der Waals surface area contributed by atoms with Gasteiger partial charge in [-0.05, 0) is 50.3 Å². The number of nitrogens with zero attached hydrogens (tertiary/aromatic N) is 4. The van der Waals surface area contributed by atoms with E-state index in [0.29, 0.717) is 18.1 Å². The van der Waals surface area contributed by atoms with Crippen molar-refractivity contribution < 1.29 is 9.59 Å². The minimum Gasteiger partial charge on any atom is -0.368 e. The van der Waals surface area contributed by atoms with Gasteiger partial charge in [-0.25, -0.2) is 0 Å². The number of primary amides is 1. The molecule has 1 aliphatic heterocycles. The molecule has 3 rings (SSSR count). The second kappa shape index (κ2) is 7.90. The number of carbonyl (C=O) groups excluding carboxylic acids is 2. The topological polar surface area (TPSA) is 94.1 Å². The Kier molecular flexibility index (Phi) is 5.61. The number of carbonyl (C=O) groups is 2. The van der Waals surface area contributed by atoms with Crippen LogP contribution in [0.2, 0.25) is 0 Å². The molecule has 2 N–H and O–H groups in total. The molecule has 1 atom stereocenters. The van der Waals surface area contributed by atoms with Gasteiger partial charge >= 0.3 is 0 Å². The van der Waals surface area contributed by atoms with Gasteiger partial charge in [0.2, 0.25) is 11.8 Å². The first kappa shape index (κ1) is 18.4. The Morgan fingerprint density at radius 1 is 1.31 bits per heavy atom. The van der Waals surface area contributed by atoms with Crippen LogP contribution in [0.4, 0.5) is 0 Å². The van der Waals surface area contributed by atoms with Crippen molar-refractivity contribution in [3.63, 3.8) is 0 Å². The SMILES string of the molecule is Cc1ccc(C)c(-n2cnnc2SCC(=O)N2CCCC[C@H]2C(N)=O)c1. The Morgan fingerprint density at radius 2 is 2.12 bits per heavy atom. The number of aryl methyl sites for hydroxylation is 2. The second-order valence-electron chi connectivity index (χ2n) is 6.56. The lowest BCUT2D eigenvalue weighted by Crippen LogP contribution is -2.51. The van der Waals surface area contributed by atoms with Crippen molar-refractivity contribution >= 4 is 23.6 Å². The molecule has 1 aliphatic rings. The Labute approximate surface area is 157 Å². The summed E-state index contributed by atoms with van der Waals surface area (Å²) in [7, 11) is 0. The Bertz CT molecular complexity index is 820. The van der Waals surface area contributed by atoms with E-state index >= 15 is 0 Å². The van der Waals surface area contributed by atoms with E-state index < -0.39 is 11.9 Å². The van der Waals surface area contributed by atoms with Crippen molar-refractivity contribution in [2.24, 2.45) is 5.73 Å². The van der Waals surface area contributed by atoms with Gasteiger partial charge in [0.25, 0.3) is 0 Å². The Morgan fingerprint density at radius 3 is 2.88 bits per heavy atom. The van der Waals surface area contributed by atoms with Crippen molar-refractivity contribution in [3.8, 4) is 5.69 Å². The van der Waals surface area contributed by atoms with Crippen LogP contribution in [0.15, 0.2) is 29.7 Å². The summed E-state index contributed by atoms with van der Waals surface area (Å²) in [4.78, 5) is 25.8. The van der Waals surface area contributed by atoms with Crippen molar-refractivity contribution in [1.82, 2.24) is 19.7 Å². The fourth-order valence-electron chi connectivity index (χ4n) is 3.20. The van der Waals surface area contributed by atoms with Crippen LogP contribution in [0.1, 0.15) is 30.4 Å². The van der Waals surface area contributed by atoms with Gasteiger partial charge in [0.1, 0.15) is 12.4 Å². The van der Waals surface area contributed by atoms with E-state index in [1.807, 2.05) is 18.4 Å². The first-order chi connectivity index (χ1) is 12.5. The van der Waals surface area contributed by atoms with E-state index in [-0.39, 0.29) is 11.7 Å². The van der Waals surface area contributed by atoms with Crippen molar-refractivity contribution in [1.29, 1.82) is 0 Å². The maximum Gasteiger partial charge on any atom is 0.240 e. The van der Waals surface area contributed by atoms with E-state index in [9.17, 15) is 9.59 Å². The summed E-state index contributed by atoms with van der Waals surface area (Å²) in [5.74, 6) is -0.316. The number of piperidine rings is 1. The summed E-state index contributed by atoms with van der Waals surface area (Å²) in [6, 6.07) is 5.68. The summed E-state index contributed by atoms with van der Waals surface area (Å²) >= 11 is 1.32. The normalized spacial score (nSPS) is 17.3. The van der Waals surface area contributed by atoms with Crippen LogP contribution in [0, 0.1) is 13.8 Å². The summed E-state index contributed by atoms with van der Waals surface area (Å²) in [6.45, 7) is 4.64. The van der Waals surface area contributed by atoms with Gasteiger partial charge in [-0.3, -0.25) is 14.2 Å². The average molecular weight is 373 g/mol. The third-order valence-corrected chi connectivity index (χ3v) is 5.54. The molecule has 2 amide bonds. The highest BCUT2D eigenvalue weighted by molar-refractivity contribution is 7.99. The molecule has 2 heterocycles. The molecule has 1 aromatic carbocycles. The number of amides is 2. The van der Waals surface area contributed by atoms with Crippen LogP contribution in [-0.2, 0) is 9.59 Å². The minimum absolute atomic E-state index is 0.0889. The van der Waals surface area contributed by atoms with Crippen LogP contribution in [0.5, 0.6) is 0 Å². The third kappa shape index (κ3) is 3.90. The number of hydrogen-bond acceptors (Lipinski definition) is 5. The van der Waals surface area contributed by atoms with E-state index in [1.165, 1.54) is 11.8 Å². The zero-order valence-corrected chi connectivity index (χ0v) is 15.8. The third-order valence-electron chi connectivity index (χ3n) is 4.62. The maximum atomic E-state index is 12.6. The number of nitrogens with two attached hydrogens (primary N) is 1. The molecule has 0 spiro atoms. The summed E-state index contributed by atoms with van der Waals surface area (Å²) in [6.07, 6.45) is 4.12. The highest BCUT2D eigenvalue weighted by Gasteiger charge is 2.30. The molecule has 0 saturated carbocycles. The van der Waals surface area contributed by atoms with E-state index in [0.717, 1.165) is 29.7 Å². The van der Waals surface area contributed by atoms with E-state index in [4.69, 9.17) is 5.73 Å². The van der Waals surface area contributed by atoms with Gasteiger partial charge in [-0.15, -0.1) is 10.2 Å². The molecule has 0 aliphatic carbocycles. The zero-order valence-electron chi connectivity index (χ0n) is 15.0. The smallest absolute Gasteiger partial charge is 0.240 e. The largest absolute Gasteiger partial charge is 0.368 e. The van der Waals surface area contributed by atoms with Gasteiger partial charge in [-0.1, -0.05) is 23.9 Å². The molecule has 1 saturated heterocycles. The summed E-state index contributed by atoms with van der Waals surface area (Å²) < 4.78 is 1.89. The number of benzene rings is 1. The van der Waals surface area contributed by atoms with Gasteiger partial charge in [0.05, 0.1) is 11.4 Å². The fraction of sp³-hybridized carbons (Fsp3) is 0.444. The first-order valence-corrected chi connectivity index (χ1v) is 9.65. The first-order valence-electron chi connectivity index (χ1n) is 8.66. The second-order valence-corrected chi connectivity index (χ2v) is 7.51. The molecule has 7 nitrogen and oxygen atoms in total. The van der Waals surface area contributed by atoms with Gasteiger partial charge in [0, 0.05) is 6.54 Å². The summed E-state index contributed by atoms with van der Waals surface area (Å²) in [5.41, 5.74) is 8.70. The van der Waals surface area contributed by atoms with Gasteiger partial charge in [-0.2, -0.15) is 0 Å². The van der Waals surface area contributed by atoms with E-state index in [2.05, 4.69) is 28.4 Å². The quantitative estimate of drug-likeness (QED) is 0.807. The highest BCUT2D eigenvalue weighted by atomic mass is 32.2. The zero-order chi connectivity index (χ0) is 18.7. The number of likely N-dealkylation sites (tertiary alicyclic amines) is 1. The molecule has 2 aromatic rings. The molecule has 1 fully saturated rings. The molecular formula is C18H23N5O2S. The minimum atomic E-state index is -0.492. The molecule has 0 bridgehead atoms. The number of hydrogen-bond donors (Lipinski definition) is 1. The molecule has 0 unspecified atom stereocenters. The molecule has 1 aromatic heterocycles. The molecular weight excluding hydrogens is 350 g/mol. The number of aromatic nitrogens is 3. The molecule has 26 heavy (non-hydrogen) atoms. The lowest BCUT2D eigenvalue weighted by Gasteiger charge is -2.33. The van der Waals surface area contributed by atoms with E-state index in [1.54, 1.807) is 11.2 Å². The van der Waals surface area contributed by atoms with Crippen molar-refractivity contribution in [2.75, 3.05) is 12.3 Å². The van der Waals surface area contributed by atoms with Crippen LogP contribution < -0.4 is 5.73 Å². The maximum absolute atomic E-state index is 12.6. The average Bonchev–Trinajstić information content (AvgIpc) is 3.10. The van der Waals surface area contributed by atoms with Crippen molar-refractivity contribution in [2.45, 2.75) is 44.3 Å². The van der Waals surface area contributed by atoms with Gasteiger partial charge < -0.3 is 10.6 Å². The molecule has 138 valence electrons.